The molecular weight excluding hydrogens is 266 g/mol. The molecule has 114 valence electrons. The third kappa shape index (κ3) is 4.48. The number of nitrogens with zero attached hydrogens (tertiary/aromatic N) is 2. The van der Waals surface area contributed by atoms with Crippen molar-refractivity contribution < 1.29 is 10.0 Å². The lowest BCUT2D eigenvalue weighted by atomic mass is 9.96. The van der Waals surface area contributed by atoms with Crippen molar-refractivity contribution in [3.05, 3.63) is 35.9 Å². The van der Waals surface area contributed by atoms with Gasteiger partial charge in [0.15, 0.2) is 0 Å². The molecule has 1 aromatic rings. The molecule has 0 aromatic heterocycles. The maximum absolute atomic E-state index is 12.2. The number of carbonyl (C=O) groups excluding carboxylic acids is 1. The summed E-state index contributed by atoms with van der Waals surface area (Å²) in [4.78, 5) is 14.1. The van der Waals surface area contributed by atoms with Crippen LogP contribution in [0.1, 0.15) is 31.2 Å². The van der Waals surface area contributed by atoms with Crippen LogP contribution in [0.3, 0.4) is 0 Å². The van der Waals surface area contributed by atoms with Gasteiger partial charge in [0, 0.05) is 25.4 Å². The summed E-state index contributed by atoms with van der Waals surface area (Å²) in [5.41, 5.74) is 6.91. The van der Waals surface area contributed by atoms with Crippen LogP contribution in [-0.4, -0.2) is 34.9 Å². The molecule has 21 heavy (non-hydrogen) atoms. The lowest BCUT2D eigenvalue weighted by molar-refractivity contribution is -0.132. The third-order valence-electron chi connectivity index (χ3n) is 4.01. The molecule has 0 radical (unpaired) electrons. The lowest BCUT2D eigenvalue weighted by Gasteiger charge is -2.32. The average molecular weight is 289 g/mol. The van der Waals surface area contributed by atoms with Gasteiger partial charge in [-0.25, -0.2) is 0 Å². The van der Waals surface area contributed by atoms with E-state index in [1.165, 1.54) is 5.56 Å². The number of aryl methyl sites for hydroxylation is 1. The van der Waals surface area contributed by atoms with Crippen LogP contribution in [0, 0.1) is 5.92 Å². The third-order valence-corrected chi connectivity index (χ3v) is 4.01. The minimum absolute atomic E-state index is 0.0122. The zero-order chi connectivity index (χ0) is 15.1. The predicted molar refractivity (Wildman–Crippen MR) is 82.1 cm³/mol. The first-order chi connectivity index (χ1) is 10.2. The maximum Gasteiger partial charge on any atom is 0.222 e. The summed E-state index contributed by atoms with van der Waals surface area (Å²) in [6.45, 7) is 1.35. The van der Waals surface area contributed by atoms with Crippen LogP contribution < -0.4 is 5.73 Å². The van der Waals surface area contributed by atoms with Gasteiger partial charge in [0.05, 0.1) is 0 Å². The van der Waals surface area contributed by atoms with Crippen molar-refractivity contribution in [2.45, 2.75) is 32.1 Å². The van der Waals surface area contributed by atoms with Gasteiger partial charge in [-0.3, -0.25) is 4.79 Å². The fraction of sp³-hybridized carbons (Fsp3) is 0.500. The van der Waals surface area contributed by atoms with Gasteiger partial charge in [-0.05, 0) is 31.2 Å². The number of piperidine rings is 1. The molecule has 0 spiro atoms. The zero-order valence-corrected chi connectivity index (χ0v) is 12.2. The van der Waals surface area contributed by atoms with Gasteiger partial charge < -0.3 is 15.8 Å². The summed E-state index contributed by atoms with van der Waals surface area (Å²) in [7, 11) is 0. The van der Waals surface area contributed by atoms with Gasteiger partial charge in [0.1, 0.15) is 5.84 Å². The molecule has 1 aliphatic heterocycles. The van der Waals surface area contributed by atoms with Crippen LogP contribution in [0.2, 0.25) is 0 Å². The Morgan fingerprint density at radius 1 is 1.38 bits per heavy atom. The molecule has 0 aliphatic carbocycles. The fourth-order valence-electron chi connectivity index (χ4n) is 2.77. The van der Waals surface area contributed by atoms with Crippen LogP contribution in [0.4, 0.5) is 0 Å². The van der Waals surface area contributed by atoms with Gasteiger partial charge in [0.2, 0.25) is 5.91 Å². The lowest BCUT2D eigenvalue weighted by Crippen LogP contribution is -2.44. The summed E-state index contributed by atoms with van der Waals surface area (Å²) in [5.74, 6) is 0.389. The number of oxime groups is 1. The number of amidine groups is 1. The number of hydrogen-bond donors (Lipinski definition) is 2. The second-order valence-corrected chi connectivity index (χ2v) is 5.54. The van der Waals surface area contributed by atoms with E-state index in [4.69, 9.17) is 10.9 Å². The smallest absolute Gasteiger partial charge is 0.222 e. The largest absolute Gasteiger partial charge is 0.409 e. The van der Waals surface area contributed by atoms with Crippen molar-refractivity contribution in [3.63, 3.8) is 0 Å². The van der Waals surface area contributed by atoms with E-state index in [1.807, 2.05) is 23.1 Å². The van der Waals surface area contributed by atoms with Gasteiger partial charge in [-0.15, -0.1) is 0 Å². The molecule has 1 aliphatic rings. The van der Waals surface area contributed by atoms with Crippen LogP contribution >= 0.6 is 0 Å². The summed E-state index contributed by atoms with van der Waals surface area (Å²) in [6, 6.07) is 10.2. The molecule has 1 saturated heterocycles. The summed E-state index contributed by atoms with van der Waals surface area (Å²) in [6.07, 6.45) is 4.12. The molecule has 5 nitrogen and oxygen atoms in total. The average Bonchev–Trinajstić information content (AvgIpc) is 2.55. The summed E-state index contributed by atoms with van der Waals surface area (Å²) in [5, 5.41) is 11.8. The molecule has 1 heterocycles. The van der Waals surface area contributed by atoms with E-state index >= 15 is 0 Å². The number of rotatable bonds is 5. The number of hydrogen-bond acceptors (Lipinski definition) is 3. The number of likely N-dealkylation sites (tertiary alicyclic amines) is 1. The number of amides is 1. The zero-order valence-electron chi connectivity index (χ0n) is 12.2. The Kier molecular flexibility index (Phi) is 5.60. The highest BCUT2D eigenvalue weighted by Crippen LogP contribution is 2.18. The van der Waals surface area contributed by atoms with E-state index in [0.717, 1.165) is 32.2 Å². The number of benzene rings is 1. The highest BCUT2D eigenvalue weighted by atomic mass is 16.4. The fourth-order valence-corrected chi connectivity index (χ4v) is 2.77. The van der Waals surface area contributed by atoms with Gasteiger partial charge in [0.25, 0.3) is 0 Å². The van der Waals surface area contributed by atoms with Crippen LogP contribution in [-0.2, 0) is 11.2 Å². The second kappa shape index (κ2) is 7.67. The van der Waals surface area contributed by atoms with E-state index in [0.29, 0.717) is 13.0 Å². The monoisotopic (exact) mass is 289 g/mol. The van der Waals surface area contributed by atoms with Gasteiger partial charge >= 0.3 is 0 Å². The van der Waals surface area contributed by atoms with Crippen LogP contribution in [0.5, 0.6) is 0 Å². The Bertz CT molecular complexity index is 488. The molecule has 3 N–H and O–H groups in total. The molecule has 1 unspecified atom stereocenters. The first-order valence-electron chi connectivity index (χ1n) is 7.50. The van der Waals surface area contributed by atoms with Crippen molar-refractivity contribution in [1.29, 1.82) is 0 Å². The van der Waals surface area contributed by atoms with E-state index in [2.05, 4.69) is 17.3 Å². The van der Waals surface area contributed by atoms with Gasteiger partial charge in [-0.2, -0.15) is 0 Å². The number of nitrogens with two attached hydrogens (primary N) is 1. The summed E-state index contributed by atoms with van der Waals surface area (Å²) >= 11 is 0. The van der Waals surface area contributed by atoms with E-state index in [1.54, 1.807) is 0 Å². The number of carbonyl (C=O) groups is 1. The summed E-state index contributed by atoms with van der Waals surface area (Å²) < 4.78 is 0. The Morgan fingerprint density at radius 3 is 2.86 bits per heavy atom. The van der Waals surface area contributed by atoms with Crippen molar-refractivity contribution in [2.75, 3.05) is 13.1 Å². The molecule has 1 atom stereocenters. The van der Waals surface area contributed by atoms with E-state index in [9.17, 15) is 4.79 Å². The SMILES string of the molecule is NC(=NO)C1CCCN(C(=O)CCCc2ccccc2)C1. The second-order valence-electron chi connectivity index (χ2n) is 5.54. The minimum atomic E-state index is -0.0122. The molecule has 2 rings (SSSR count). The molecule has 0 bridgehead atoms. The van der Waals surface area contributed by atoms with Crippen molar-refractivity contribution in [2.24, 2.45) is 16.8 Å². The maximum atomic E-state index is 12.2. The quantitative estimate of drug-likeness (QED) is 0.376. The first-order valence-corrected chi connectivity index (χ1v) is 7.50. The highest BCUT2D eigenvalue weighted by Gasteiger charge is 2.25. The molecule has 1 fully saturated rings. The van der Waals surface area contributed by atoms with Crippen molar-refractivity contribution >= 4 is 11.7 Å². The van der Waals surface area contributed by atoms with Crippen LogP contribution in [0.15, 0.2) is 35.5 Å². The molecular formula is C16H23N3O2. The predicted octanol–water partition coefficient (Wildman–Crippen LogP) is 1.99. The Hall–Kier alpha value is -2.04. The first kappa shape index (κ1) is 15.4. The van der Waals surface area contributed by atoms with E-state index < -0.39 is 0 Å². The van der Waals surface area contributed by atoms with E-state index in [-0.39, 0.29) is 17.7 Å². The minimum Gasteiger partial charge on any atom is -0.409 e. The normalized spacial score (nSPS) is 19.5. The van der Waals surface area contributed by atoms with Gasteiger partial charge in [-0.1, -0.05) is 35.5 Å². The highest BCUT2D eigenvalue weighted by molar-refractivity contribution is 5.84. The topological polar surface area (TPSA) is 78.9 Å². The Balaban J connectivity index is 1.77. The van der Waals surface area contributed by atoms with Crippen molar-refractivity contribution in [1.82, 2.24) is 4.90 Å². The van der Waals surface area contributed by atoms with Crippen LogP contribution in [0.25, 0.3) is 0 Å². The Morgan fingerprint density at radius 2 is 2.14 bits per heavy atom. The molecule has 1 aromatic carbocycles. The standard InChI is InChI=1S/C16H23N3O2/c17-16(18-21)14-9-5-11-19(12-14)15(20)10-4-8-13-6-2-1-3-7-13/h1-3,6-7,14,21H,4-5,8-12H2,(H2,17,18). The molecule has 0 saturated carbocycles. The Labute approximate surface area is 125 Å². The molecule has 5 heteroatoms. The van der Waals surface area contributed by atoms with Crippen molar-refractivity contribution in [3.8, 4) is 0 Å². The molecule has 1 amide bonds.